The third-order valence-corrected chi connectivity index (χ3v) is 5.13. The minimum Gasteiger partial charge on any atom is -0.282 e. The van der Waals surface area contributed by atoms with E-state index in [1.165, 1.54) is 0 Å². The van der Waals surface area contributed by atoms with Gasteiger partial charge in [-0.05, 0) is 40.2 Å². The van der Waals surface area contributed by atoms with Gasteiger partial charge in [0.05, 0.1) is 11.4 Å². The molecule has 0 fully saturated rings. The fourth-order valence-electron chi connectivity index (χ4n) is 1.61. The molecule has 7 heteroatoms. The molecule has 0 saturated carbocycles. The molecule has 0 unspecified atom stereocenters. The molecule has 0 aliphatic rings. The van der Waals surface area contributed by atoms with Gasteiger partial charge in [-0.2, -0.15) is 0 Å². The van der Waals surface area contributed by atoms with E-state index in [1.807, 2.05) is 0 Å². The summed E-state index contributed by atoms with van der Waals surface area (Å²) in [5.74, 6) is -0.285. The number of rotatable bonds is 4. The maximum atomic E-state index is 12.2. The molecule has 3 nitrogen and oxygen atoms in total. The van der Waals surface area contributed by atoms with E-state index >= 15 is 0 Å². The Bertz CT molecular complexity index is 715. The van der Waals surface area contributed by atoms with Crippen molar-refractivity contribution in [2.24, 2.45) is 0 Å². The molecular formula is C13H10BrCl2NO2S. The van der Waals surface area contributed by atoms with Crippen LogP contribution in [0.1, 0.15) is 5.56 Å². The Hall–Kier alpha value is -0.750. The highest BCUT2D eigenvalue weighted by molar-refractivity contribution is 9.10. The molecule has 0 aromatic heterocycles. The predicted molar refractivity (Wildman–Crippen MR) is 86.9 cm³/mol. The first-order valence-corrected chi connectivity index (χ1v) is 8.77. The van der Waals surface area contributed by atoms with Crippen LogP contribution in [-0.2, 0) is 15.8 Å². The van der Waals surface area contributed by atoms with Crippen molar-refractivity contribution in [2.45, 2.75) is 5.75 Å². The van der Waals surface area contributed by atoms with Crippen LogP contribution in [0.15, 0.2) is 46.9 Å². The smallest absolute Gasteiger partial charge is 0.237 e. The summed E-state index contributed by atoms with van der Waals surface area (Å²) >= 11 is 15.3. The highest BCUT2D eigenvalue weighted by atomic mass is 79.9. The van der Waals surface area contributed by atoms with Crippen molar-refractivity contribution >= 4 is 54.8 Å². The Labute approximate surface area is 136 Å². The van der Waals surface area contributed by atoms with Gasteiger partial charge in [-0.3, -0.25) is 4.72 Å². The van der Waals surface area contributed by atoms with Gasteiger partial charge in [0, 0.05) is 20.1 Å². The van der Waals surface area contributed by atoms with Crippen molar-refractivity contribution in [1.82, 2.24) is 0 Å². The van der Waals surface area contributed by atoms with Gasteiger partial charge < -0.3 is 0 Å². The van der Waals surface area contributed by atoms with Crippen molar-refractivity contribution in [3.05, 3.63) is 62.5 Å². The van der Waals surface area contributed by atoms with Gasteiger partial charge in [0.1, 0.15) is 0 Å². The Morgan fingerprint density at radius 2 is 1.60 bits per heavy atom. The summed E-state index contributed by atoms with van der Waals surface area (Å²) in [5.41, 5.74) is 0.853. The van der Waals surface area contributed by atoms with Gasteiger partial charge in [-0.1, -0.05) is 41.4 Å². The molecule has 0 amide bonds. The molecule has 0 radical (unpaired) electrons. The van der Waals surface area contributed by atoms with E-state index in [4.69, 9.17) is 23.2 Å². The van der Waals surface area contributed by atoms with E-state index in [1.54, 1.807) is 42.5 Å². The molecule has 0 bridgehead atoms. The zero-order valence-corrected chi connectivity index (χ0v) is 14.0. The summed E-state index contributed by atoms with van der Waals surface area (Å²) in [6.45, 7) is 0. The highest BCUT2D eigenvalue weighted by Crippen LogP contribution is 2.28. The molecule has 106 valence electrons. The topological polar surface area (TPSA) is 46.2 Å². The van der Waals surface area contributed by atoms with Crippen molar-refractivity contribution in [3.63, 3.8) is 0 Å². The number of nitrogens with one attached hydrogen (secondary N) is 1. The second-order valence-electron chi connectivity index (χ2n) is 4.04. The zero-order valence-electron chi connectivity index (χ0n) is 10.1. The molecule has 0 aliphatic heterocycles. The SMILES string of the molecule is O=S(=O)(Cc1c(Cl)cccc1Cl)Nc1ccccc1Br. The molecule has 0 atom stereocenters. The van der Waals surface area contributed by atoms with E-state index < -0.39 is 10.0 Å². The number of halogens is 3. The molecule has 0 spiro atoms. The third-order valence-electron chi connectivity index (χ3n) is 2.54. The first kappa shape index (κ1) is 15.6. The number of sulfonamides is 1. The maximum Gasteiger partial charge on any atom is 0.237 e. The second kappa shape index (κ2) is 6.35. The maximum absolute atomic E-state index is 12.2. The fraction of sp³-hybridized carbons (Fsp3) is 0.0769. The first-order chi connectivity index (χ1) is 9.39. The lowest BCUT2D eigenvalue weighted by molar-refractivity contribution is 0.600. The summed E-state index contributed by atoms with van der Waals surface area (Å²) in [6, 6.07) is 11.8. The lowest BCUT2D eigenvalue weighted by atomic mass is 10.2. The van der Waals surface area contributed by atoms with Gasteiger partial charge in [-0.15, -0.1) is 0 Å². The van der Waals surface area contributed by atoms with Crippen LogP contribution in [0, 0.1) is 0 Å². The molecule has 2 rings (SSSR count). The molecule has 20 heavy (non-hydrogen) atoms. The normalized spacial score (nSPS) is 11.3. The van der Waals surface area contributed by atoms with Gasteiger partial charge in [-0.25, -0.2) is 8.42 Å². The number of hydrogen-bond donors (Lipinski definition) is 1. The van der Waals surface area contributed by atoms with E-state index in [0.717, 1.165) is 0 Å². The molecule has 1 N–H and O–H groups in total. The van der Waals surface area contributed by atoms with E-state index in [9.17, 15) is 8.42 Å². The predicted octanol–water partition coefficient (Wildman–Crippen LogP) is 4.70. The van der Waals surface area contributed by atoms with Crippen LogP contribution in [0.25, 0.3) is 0 Å². The van der Waals surface area contributed by atoms with Crippen molar-refractivity contribution in [3.8, 4) is 0 Å². The summed E-state index contributed by atoms with van der Waals surface area (Å²) in [4.78, 5) is 0. The zero-order chi connectivity index (χ0) is 14.8. The molecule has 0 aliphatic carbocycles. The third kappa shape index (κ3) is 3.88. The number of hydrogen-bond acceptors (Lipinski definition) is 2. The van der Waals surface area contributed by atoms with Gasteiger partial charge in [0.2, 0.25) is 10.0 Å². The molecular weight excluding hydrogens is 385 g/mol. The van der Waals surface area contributed by atoms with Crippen LogP contribution in [0.2, 0.25) is 10.0 Å². The van der Waals surface area contributed by atoms with Crippen LogP contribution in [0.3, 0.4) is 0 Å². The van der Waals surface area contributed by atoms with Crippen molar-refractivity contribution in [1.29, 1.82) is 0 Å². The Morgan fingerprint density at radius 1 is 1.00 bits per heavy atom. The van der Waals surface area contributed by atoms with Crippen LogP contribution in [0.5, 0.6) is 0 Å². The molecule has 0 heterocycles. The summed E-state index contributed by atoms with van der Waals surface area (Å²) in [7, 11) is -3.60. The first-order valence-electron chi connectivity index (χ1n) is 5.57. The van der Waals surface area contributed by atoms with E-state index in [2.05, 4.69) is 20.7 Å². The minimum absolute atomic E-state index is 0.285. The summed E-state index contributed by atoms with van der Waals surface area (Å²) < 4.78 is 27.5. The van der Waals surface area contributed by atoms with Crippen molar-refractivity contribution in [2.75, 3.05) is 4.72 Å². The average Bonchev–Trinajstić information content (AvgIpc) is 2.37. The Morgan fingerprint density at radius 3 is 2.20 bits per heavy atom. The van der Waals surface area contributed by atoms with E-state index in [-0.39, 0.29) is 5.75 Å². The molecule has 0 saturated heterocycles. The van der Waals surface area contributed by atoms with Gasteiger partial charge in [0.15, 0.2) is 0 Å². The van der Waals surface area contributed by atoms with Crippen molar-refractivity contribution < 1.29 is 8.42 Å². The quantitative estimate of drug-likeness (QED) is 0.816. The molecule has 2 aromatic rings. The summed E-state index contributed by atoms with van der Waals surface area (Å²) in [5, 5.41) is 0.657. The monoisotopic (exact) mass is 393 g/mol. The van der Waals surface area contributed by atoms with E-state index in [0.29, 0.717) is 25.8 Å². The second-order valence-corrected chi connectivity index (χ2v) is 7.43. The number of para-hydroxylation sites is 1. The van der Waals surface area contributed by atoms with Crippen LogP contribution < -0.4 is 4.72 Å². The lowest BCUT2D eigenvalue weighted by Gasteiger charge is -2.11. The minimum atomic E-state index is -3.60. The standard InChI is InChI=1S/C13H10BrCl2NO2S/c14-10-4-1-2-7-13(10)17-20(18,19)8-9-11(15)5-3-6-12(9)16/h1-7,17H,8H2. The number of anilines is 1. The highest BCUT2D eigenvalue weighted by Gasteiger charge is 2.17. The average molecular weight is 395 g/mol. The van der Waals surface area contributed by atoms with Gasteiger partial charge >= 0.3 is 0 Å². The van der Waals surface area contributed by atoms with Crippen LogP contribution >= 0.6 is 39.1 Å². The van der Waals surface area contributed by atoms with Gasteiger partial charge in [0.25, 0.3) is 0 Å². The Kier molecular flexibility index (Phi) is 4.96. The molecule has 2 aromatic carbocycles. The number of benzene rings is 2. The van der Waals surface area contributed by atoms with Crippen LogP contribution in [0.4, 0.5) is 5.69 Å². The lowest BCUT2D eigenvalue weighted by Crippen LogP contribution is -2.15. The Balaban J connectivity index is 2.27. The summed E-state index contributed by atoms with van der Waals surface area (Å²) in [6.07, 6.45) is 0. The van der Waals surface area contributed by atoms with Crippen LogP contribution in [-0.4, -0.2) is 8.42 Å². The fourth-order valence-corrected chi connectivity index (χ4v) is 4.09. The largest absolute Gasteiger partial charge is 0.282 e.